The zero-order valence-corrected chi connectivity index (χ0v) is 15.7. The lowest BCUT2D eigenvalue weighted by Gasteiger charge is -2.15. The number of anilines is 1. The summed E-state index contributed by atoms with van der Waals surface area (Å²) in [6.45, 7) is 3.43. The fourth-order valence-corrected chi connectivity index (χ4v) is 3.62. The third kappa shape index (κ3) is 3.97. The average molecular weight is 388 g/mol. The van der Waals surface area contributed by atoms with Crippen LogP contribution in [0.15, 0.2) is 39.7 Å². The molecule has 1 aromatic heterocycles. The molecular formula is C18H16N2O4S2. The van der Waals surface area contributed by atoms with Gasteiger partial charge in [0.2, 0.25) is 5.91 Å². The van der Waals surface area contributed by atoms with E-state index < -0.39 is 5.91 Å². The van der Waals surface area contributed by atoms with Crippen LogP contribution in [-0.2, 0) is 9.59 Å². The van der Waals surface area contributed by atoms with Gasteiger partial charge in [-0.15, -0.1) is 0 Å². The molecule has 2 N–H and O–H groups in total. The van der Waals surface area contributed by atoms with Gasteiger partial charge in [0.25, 0.3) is 5.91 Å². The highest BCUT2D eigenvalue weighted by molar-refractivity contribution is 8.26. The van der Waals surface area contributed by atoms with E-state index in [1.165, 1.54) is 11.0 Å². The van der Waals surface area contributed by atoms with Crippen LogP contribution in [0.1, 0.15) is 17.1 Å². The zero-order valence-electron chi connectivity index (χ0n) is 14.1. The molecule has 1 saturated heterocycles. The van der Waals surface area contributed by atoms with Gasteiger partial charge >= 0.3 is 0 Å². The number of carbonyl (C=O) groups excluding carboxylic acids is 2. The smallest absolute Gasteiger partial charge is 0.266 e. The van der Waals surface area contributed by atoms with Crippen LogP contribution in [0.25, 0.3) is 6.08 Å². The lowest BCUT2D eigenvalue weighted by Crippen LogP contribution is -2.36. The van der Waals surface area contributed by atoms with Gasteiger partial charge in [-0.3, -0.25) is 14.5 Å². The Morgan fingerprint density at radius 3 is 2.81 bits per heavy atom. The van der Waals surface area contributed by atoms with Crippen LogP contribution in [0.2, 0.25) is 0 Å². The molecule has 1 fully saturated rings. The molecular weight excluding hydrogens is 372 g/mol. The van der Waals surface area contributed by atoms with Gasteiger partial charge in [-0.1, -0.05) is 30.0 Å². The maximum Gasteiger partial charge on any atom is 0.266 e. The molecule has 0 aliphatic carbocycles. The number of thioether (sulfide) groups is 1. The first kappa shape index (κ1) is 18.2. The molecule has 0 saturated carbocycles. The minimum Gasteiger partial charge on any atom is -0.506 e. The molecule has 1 aliphatic heterocycles. The van der Waals surface area contributed by atoms with Crippen molar-refractivity contribution in [1.29, 1.82) is 0 Å². The van der Waals surface area contributed by atoms with Crippen LogP contribution in [0.4, 0.5) is 5.69 Å². The summed E-state index contributed by atoms with van der Waals surface area (Å²) in [7, 11) is 0. The Bertz CT molecular complexity index is 933. The molecule has 0 bridgehead atoms. The standard InChI is InChI=1S/C18H16N2O4S2/c1-10-3-6-14(21)13(7-10)19-16(22)9-20-17(23)15(26-18(20)25)8-12-5-4-11(2)24-12/h3-8,21H,9H2,1-2H3,(H,19,22)/b15-8-. The first-order valence-corrected chi connectivity index (χ1v) is 8.97. The van der Waals surface area contributed by atoms with Crippen molar-refractivity contribution in [3.05, 3.63) is 52.3 Å². The normalized spacial score (nSPS) is 15.8. The lowest BCUT2D eigenvalue weighted by atomic mass is 10.2. The van der Waals surface area contributed by atoms with Crippen LogP contribution < -0.4 is 5.32 Å². The van der Waals surface area contributed by atoms with Crippen molar-refractivity contribution in [2.24, 2.45) is 0 Å². The predicted octanol–water partition coefficient (Wildman–Crippen LogP) is 3.44. The Hall–Kier alpha value is -2.58. The van der Waals surface area contributed by atoms with Crippen molar-refractivity contribution < 1.29 is 19.1 Å². The van der Waals surface area contributed by atoms with E-state index in [1.54, 1.807) is 30.3 Å². The number of phenolic OH excluding ortho intramolecular Hbond substituents is 1. The van der Waals surface area contributed by atoms with Gasteiger partial charge in [0.15, 0.2) is 0 Å². The third-order valence-corrected chi connectivity index (χ3v) is 5.01. The van der Waals surface area contributed by atoms with Crippen LogP contribution >= 0.6 is 24.0 Å². The SMILES string of the molecule is Cc1ccc(O)c(NC(=O)CN2C(=O)/C(=C/c3ccc(C)o3)SC2=S)c1. The molecule has 1 aromatic carbocycles. The highest BCUT2D eigenvalue weighted by atomic mass is 32.2. The van der Waals surface area contributed by atoms with Gasteiger partial charge in [-0.05, 0) is 43.7 Å². The van der Waals surface area contributed by atoms with Gasteiger partial charge in [-0.2, -0.15) is 0 Å². The second-order valence-corrected chi connectivity index (χ2v) is 7.46. The number of amides is 2. The van der Waals surface area contributed by atoms with E-state index in [0.29, 0.717) is 20.7 Å². The molecule has 0 spiro atoms. The summed E-state index contributed by atoms with van der Waals surface area (Å²) in [5, 5.41) is 12.4. The number of aromatic hydroxyl groups is 1. The lowest BCUT2D eigenvalue weighted by molar-refractivity contribution is -0.126. The molecule has 2 aromatic rings. The van der Waals surface area contributed by atoms with Gasteiger partial charge in [-0.25, -0.2) is 0 Å². The number of hydrogen-bond donors (Lipinski definition) is 2. The van der Waals surface area contributed by atoms with E-state index in [0.717, 1.165) is 23.1 Å². The molecule has 0 atom stereocenters. The number of rotatable bonds is 4. The number of carbonyl (C=O) groups is 2. The molecule has 134 valence electrons. The van der Waals surface area contributed by atoms with Crippen molar-refractivity contribution in [2.45, 2.75) is 13.8 Å². The second kappa shape index (κ2) is 7.35. The Morgan fingerprint density at radius 1 is 1.35 bits per heavy atom. The molecule has 1 aliphatic rings. The number of furan rings is 1. The topological polar surface area (TPSA) is 82.8 Å². The molecule has 2 heterocycles. The maximum atomic E-state index is 12.5. The highest BCUT2D eigenvalue weighted by Gasteiger charge is 2.33. The van der Waals surface area contributed by atoms with Crippen molar-refractivity contribution in [3.8, 4) is 5.75 Å². The third-order valence-electron chi connectivity index (χ3n) is 3.64. The number of hydrogen-bond acceptors (Lipinski definition) is 6. The zero-order chi connectivity index (χ0) is 18.8. The van der Waals surface area contributed by atoms with Crippen molar-refractivity contribution in [3.63, 3.8) is 0 Å². The van der Waals surface area contributed by atoms with E-state index in [9.17, 15) is 14.7 Å². The number of phenols is 1. The molecule has 26 heavy (non-hydrogen) atoms. The van der Waals surface area contributed by atoms with Crippen LogP contribution in [-0.4, -0.2) is 32.7 Å². The fraction of sp³-hybridized carbons (Fsp3) is 0.167. The molecule has 0 radical (unpaired) electrons. The van der Waals surface area contributed by atoms with E-state index in [4.69, 9.17) is 16.6 Å². The van der Waals surface area contributed by atoms with Crippen molar-refractivity contribution in [1.82, 2.24) is 4.90 Å². The van der Waals surface area contributed by atoms with Gasteiger partial charge in [0, 0.05) is 6.08 Å². The summed E-state index contributed by atoms with van der Waals surface area (Å²) in [5.41, 5.74) is 1.18. The molecule has 6 nitrogen and oxygen atoms in total. The van der Waals surface area contributed by atoms with Gasteiger partial charge in [0.1, 0.15) is 28.1 Å². The summed E-state index contributed by atoms with van der Waals surface area (Å²) < 4.78 is 5.74. The highest BCUT2D eigenvalue weighted by Crippen LogP contribution is 2.33. The Morgan fingerprint density at radius 2 is 2.12 bits per heavy atom. The molecule has 2 amide bonds. The first-order chi connectivity index (χ1) is 12.3. The average Bonchev–Trinajstić information content (AvgIpc) is 3.09. The number of nitrogens with one attached hydrogen (secondary N) is 1. The van der Waals surface area contributed by atoms with Gasteiger partial charge in [0.05, 0.1) is 10.6 Å². The van der Waals surface area contributed by atoms with Gasteiger partial charge < -0.3 is 14.8 Å². The van der Waals surface area contributed by atoms with E-state index in [1.807, 2.05) is 13.8 Å². The number of nitrogens with zero attached hydrogens (tertiary/aromatic N) is 1. The minimum absolute atomic E-state index is 0.0394. The van der Waals surface area contributed by atoms with Crippen LogP contribution in [0.3, 0.4) is 0 Å². The monoisotopic (exact) mass is 388 g/mol. The summed E-state index contributed by atoms with van der Waals surface area (Å²) in [4.78, 5) is 26.4. The molecule has 3 rings (SSSR count). The Labute approximate surface area is 159 Å². The van der Waals surface area contributed by atoms with Crippen molar-refractivity contribution in [2.75, 3.05) is 11.9 Å². The molecule has 0 unspecified atom stereocenters. The quantitative estimate of drug-likeness (QED) is 0.474. The summed E-state index contributed by atoms with van der Waals surface area (Å²) in [6, 6.07) is 8.44. The van der Waals surface area contributed by atoms with E-state index in [2.05, 4.69) is 5.32 Å². The van der Waals surface area contributed by atoms with E-state index >= 15 is 0 Å². The largest absolute Gasteiger partial charge is 0.506 e. The van der Waals surface area contributed by atoms with Crippen LogP contribution in [0.5, 0.6) is 5.75 Å². The Balaban J connectivity index is 1.70. The number of benzene rings is 1. The summed E-state index contributed by atoms with van der Waals surface area (Å²) >= 11 is 6.33. The number of thiocarbonyl (C=S) groups is 1. The molecule has 8 heteroatoms. The van der Waals surface area contributed by atoms with Crippen LogP contribution in [0, 0.1) is 13.8 Å². The first-order valence-electron chi connectivity index (χ1n) is 7.75. The van der Waals surface area contributed by atoms with E-state index in [-0.39, 0.29) is 18.2 Å². The van der Waals surface area contributed by atoms with Crippen molar-refractivity contribution >= 4 is 51.9 Å². The summed E-state index contributed by atoms with van der Waals surface area (Å²) in [6.07, 6.45) is 1.61. The predicted molar refractivity (Wildman–Crippen MR) is 105 cm³/mol. The Kier molecular flexibility index (Phi) is 5.15. The minimum atomic E-state index is -0.447. The maximum absolute atomic E-state index is 12.5. The second-order valence-electron chi connectivity index (χ2n) is 5.79. The summed E-state index contributed by atoms with van der Waals surface area (Å²) in [5.74, 6) is 0.457. The number of aryl methyl sites for hydroxylation is 2. The fourth-order valence-electron chi connectivity index (χ4n) is 2.38.